The largest absolute Gasteiger partial charge is 0.494 e. The fourth-order valence-electron chi connectivity index (χ4n) is 1.29. The predicted molar refractivity (Wildman–Crippen MR) is 67.1 cm³/mol. The van der Waals surface area contributed by atoms with Crippen LogP contribution >= 0.6 is 12.2 Å². The molecular weight excluding hydrogens is 224 g/mol. The van der Waals surface area contributed by atoms with E-state index in [1.165, 1.54) is 4.57 Å². The Kier molecular flexibility index (Phi) is 3.84. The zero-order valence-corrected chi connectivity index (χ0v) is 10.1. The van der Waals surface area contributed by atoms with Crippen molar-refractivity contribution in [1.29, 1.82) is 0 Å². The molecule has 1 heterocycles. The Labute approximate surface area is 98.6 Å². The molecule has 0 amide bonds. The topological polar surface area (TPSA) is 58.0 Å². The number of hydrogen-bond acceptors (Lipinski definition) is 3. The van der Waals surface area contributed by atoms with Crippen molar-refractivity contribution in [2.24, 2.45) is 0 Å². The van der Waals surface area contributed by atoms with Gasteiger partial charge in [-0.15, -0.1) is 6.58 Å². The third kappa shape index (κ3) is 2.49. The molecule has 0 aliphatic carbocycles. The van der Waals surface area contributed by atoms with Crippen LogP contribution in [0.2, 0.25) is 0 Å². The van der Waals surface area contributed by atoms with Crippen molar-refractivity contribution in [3.8, 4) is 5.88 Å². The van der Waals surface area contributed by atoms with Gasteiger partial charge in [-0.3, -0.25) is 14.3 Å². The average molecular weight is 238 g/mol. The summed E-state index contributed by atoms with van der Waals surface area (Å²) in [6.07, 6.45) is 3.21. The number of nitrogens with zero attached hydrogens (tertiary/aromatic N) is 1. The van der Waals surface area contributed by atoms with Crippen molar-refractivity contribution in [3.63, 3.8) is 0 Å². The summed E-state index contributed by atoms with van der Waals surface area (Å²) in [6.45, 7) is 7.61. The van der Waals surface area contributed by atoms with E-state index in [1.54, 1.807) is 12.2 Å². The second kappa shape index (κ2) is 4.94. The second-order valence-corrected chi connectivity index (χ2v) is 4.00. The van der Waals surface area contributed by atoms with Gasteiger partial charge in [-0.1, -0.05) is 11.6 Å². The Bertz CT molecular complexity index is 548. The van der Waals surface area contributed by atoms with Gasteiger partial charge in [-0.25, -0.2) is 0 Å². The molecule has 5 heteroatoms. The monoisotopic (exact) mass is 238 g/mol. The van der Waals surface area contributed by atoms with E-state index in [4.69, 9.17) is 12.2 Å². The first-order chi connectivity index (χ1) is 7.47. The summed E-state index contributed by atoms with van der Waals surface area (Å²) < 4.78 is 1.60. The van der Waals surface area contributed by atoms with Gasteiger partial charge in [0.05, 0.1) is 5.56 Å². The molecule has 0 bridgehead atoms. The Morgan fingerprint density at radius 3 is 2.75 bits per heavy atom. The summed E-state index contributed by atoms with van der Waals surface area (Å²) in [6, 6.07) is 0. The van der Waals surface area contributed by atoms with E-state index in [9.17, 15) is 9.90 Å². The minimum absolute atomic E-state index is 0.130. The normalized spacial score (nSPS) is 9.88. The van der Waals surface area contributed by atoms with E-state index in [2.05, 4.69) is 11.6 Å². The molecule has 1 rings (SSSR count). The number of rotatable bonds is 3. The van der Waals surface area contributed by atoms with E-state index < -0.39 is 0 Å². The van der Waals surface area contributed by atoms with Gasteiger partial charge in [0.15, 0.2) is 4.77 Å². The van der Waals surface area contributed by atoms with Crippen LogP contribution in [0, 0.1) is 4.77 Å². The molecular formula is C11H14N2O2S. The molecule has 0 saturated carbocycles. The lowest BCUT2D eigenvalue weighted by Gasteiger charge is -2.08. The summed E-state index contributed by atoms with van der Waals surface area (Å²) in [5.41, 5.74) is 0.752. The van der Waals surface area contributed by atoms with E-state index >= 15 is 0 Å². The number of aromatic nitrogens is 2. The maximum Gasteiger partial charge on any atom is 0.262 e. The van der Waals surface area contributed by atoms with Gasteiger partial charge in [-0.2, -0.15) is 0 Å². The first-order valence-corrected chi connectivity index (χ1v) is 5.20. The average Bonchev–Trinajstić information content (AvgIpc) is 2.19. The van der Waals surface area contributed by atoms with Crippen LogP contribution in [0.15, 0.2) is 23.0 Å². The van der Waals surface area contributed by atoms with Gasteiger partial charge in [0.1, 0.15) is 0 Å². The van der Waals surface area contributed by atoms with Crippen LogP contribution in [-0.4, -0.2) is 14.7 Å². The molecule has 1 aromatic rings. The van der Waals surface area contributed by atoms with Crippen LogP contribution in [-0.2, 0) is 6.54 Å². The van der Waals surface area contributed by atoms with Crippen molar-refractivity contribution in [3.05, 3.63) is 38.9 Å². The molecule has 0 aliphatic rings. The Morgan fingerprint density at radius 2 is 2.25 bits per heavy atom. The van der Waals surface area contributed by atoms with Crippen molar-refractivity contribution in [2.75, 3.05) is 0 Å². The first-order valence-electron chi connectivity index (χ1n) is 4.79. The summed E-state index contributed by atoms with van der Waals surface area (Å²) in [5, 5.41) is 9.91. The van der Waals surface area contributed by atoms with Crippen molar-refractivity contribution < 1.29 is 5.11 Å². The molecule has 16 heavy (non-hydrogen) atoms. The molecule has 0 aromatic carbocycles. The zero-order valence-electron chi connectivity index (χ0n) is 9.28. The van der Waals surface area contributed by atoms with E-state index in [1.807, 2.05) is 13.8 Å². The van der Waals surface area contributed by atoms with Gasteiger partial charge in [-0.05, 0) is 32.1 Å². The fraction of sp³-hybridized carbons (Fsp3) is 0.273. The molecule has 1 aromatic heterocycles. The highest BCUT2D eigenvalue weighted by atomic mass is 32.1. The maximum atomic E-state index is 11.6. The number of aromatic amines is 1. The number of H-pyrrole nitrogens is 1. The first kappa shape index (κ1) is 12.4. The summed E-state index contributed by atoms with van der Waals surface area (Å²) in [7, 11) is 0. The molecule has 86 valence electrons. The van der Waals surface area contributed by atoms with Crippen molar-refractivity contribution in [1.82, 2.24) is 9.55 Å². The standard InChI is InChI=1S/C11H14N2O2S/c1-4-5-13-10(15)8(6-7(2)3)9(14)12-11(13)16/h4,6,15H,1,5H2,2-3H3,(H,12,14,16). The minimum Gasteiger partial charge on any atom is -0.494 e. The molecule has 0 spiro atoms. The predicted octanol–water partition coefficient (Wildman–Crippen LogP) is 2.22. The van der Waals surface area contributed by atoms with Gasteiger partial charge in [0, 0.05) is 6.54 Å². The molecule has 0 aliphatic heterocycles. The zero-order chi connectivity index (χ0) is 12.3. The van der Waals surface area contributed by atoms with Gasteiger partial charge in [0.25, 0.3) is 5.56 Å². The SMILES string of the molecule is C=CCn1c(O)c(C=C(C)C)c(=O)[nH]c1=S. The van der Waals surface area contributed by atoms with Crippen LogP contribution in [0.4, 0.5) is 0 Å². The summed E-state index contributed by atoms with van der Waals surface area (Å²) in [5.74, 6) is -0.130. The summed E-state index contributed by atoms with van der Waals surface area (Å²) >= 11 is 4.94. The summed E-state index contributed by atoms with van der Waals surface area (Å²) in [4.78, 5) is 14.1. The van der Waals surface area contributed by atoms with Crippen LogP contribution in [0.5, 0.6) is 5.88 Å². The Balaban J connectivity index is 3.57. The van der Waals surface area contributed by atoms with Gasteiger partial charge < -0.3 is 5.11 Å². The number of hydrogen-bond donors (Lipinski definition) is 2. The molecule has 0 unspecified atom stereocenters. The molecule has 2 N–H and O–H groups in total. The van der Waals surface area contributed by atoms with Crippen LogP contribution < -0.4 is 5.56 Å². The maximum absolute atomic E-state index is 11.6. The smallest absolute Gasteiger partial charge is 0.262 e. The molecule has 4 nitrogen and oxygen atoms in total. The molecule has 0 fully saturated rings. The lowest BCUT2D eigenvalue weighted by atomic mass is 10.2. The second-order valence-electron chi connectivity index (χ2n) is 3.62. The van der Waals surface area contributed by atoms with Crippen molar-refractivity contribution >= 4 is 18.3 Å². The lowest BCUT2D eigenvalue weighted by molar-refractivity contribution is 0.412. The van der Waals surface area contributed by atoms with Crippen LogP contribution in [0.3, 0.4) is 0 Å². The van der Waals surface area contributed by atoms with E-state index in [0.717, 1.165) is 5.57 Å². The molecule has 0 atom stereocenters. The van der Waals surface area contributed by atoms with Crippen LogP contribution in [0.1, 0.15) is 19.4 Å². The number of nitrogens with one attached hydrogen (secondary N) is 1. The van der Waals surface area contributed by atoms with Gasteiger partial charge in [0.2, 0.25) is 5.88 Å². The fourth-order valence-corrected chi connectivity index (χ4v) is 1.55. The highest BCUT2D eigenvalue weighted by Crippen LogP contribution is 2.16. The Morgan fingerprint density at radius 1 is 1.62 bits per heavy atom. The van der Waals surface area contributed by atoms with E-state index in [0.29, 0.717) is 6.54 Å². The van der Waals surface area contributed by atoms with E-state index in [-0.39, 0.29) is 21.8 Å². The molecule has 0 saturated heterocycles. The third-order valence-electron chi connectivity index (χ3n) is 1.95. The van der Waals surface area contributed by atoms with Gasteiger partial charge >= 0.3 is 0 Å². The lowest BCUT2D eigenvalue weighted by Crippen LogP contribution is -2.16. The number of allylic oxidation sites excluding steroid dienone is 2. The Hall–Kier alpha value is -1.62. The highest BCUT2D eigenvalue weighted by Gasteiger charge is 2.09. The third-order valence-corrected chi connectivity index (χ3v) is 2.27. The number of aromatic hydroxyl groups is 1. The minimum atomic E-state index is -0.385. The quantitative estimate of drug-likeness (QED) is 0.627. The van der Waals surface area contributed by atoms with Crippen LogP contribution in [0.25, 0.3) is 6.08 Å². The molecule has 0 radical (unpaired) electrons. The van der Waals surface area contributed by atoms with Crippen molar-refractivity contribution in [2.45, 2.75) is 20.4 Å². The highest BCUT2D eigenvalue weighted by molar-refractivity contribution is 7.71.